The molecule has 0 fully saturated rings. The molecule has 0 radical (unpaired) electrons. The van der Waals surface area contributed by atoms with Crippen LogP contribution in [0, 0.1) is 0 Å². The molecule has 0 heterocycles. The van der Waals surface area contributed by atoms with Crippen LogP contribution in [0.4, 0.5) is 0 Å². The summed E-state index contributed by atoms with van der Waals surface area (Å²) in [5.74, 6) is 0. The molecule has 0 aliphatic rings. The van der Waals surface area contributed by atoms with Gasteiger partial charge in [0.05, 0.1) is 0 Å². The summed E-state index contributed by atoms with van der Waals surface area (Å²) in [6.45, 7) is 0. The van der Waals surface area contributed by atoms with Crippen LogP contribution in [0.1, 0.15) is 0 Å². The zero-order valence-electron chi connectivity index (χ0n) is 4.53. The molecular formula is H5NNaO5P-2. The van der Waals surface area contributed by atoms with Gasteiger partial charge in [-0.1, -0.05) is 0 Å². The van der Waals surface area contributed by atoms with E-state index in [2.05, 4.69) is 0 Å². The van der Waals surface area contributed by atoms with Crippen molar-refractivity contribution in [1.29, 1.82) is 0 Å². The minimum Gasteiger partial charge on any atom is -0.870 e. The average Bonchev–Trinajstić information content (AvgIpc) is 0.722. The van der Waals surface area contributed by atoms with Gasteiger partial charge in [-0.2, -0.15) is 7.82 Å². The molecule has 0 aromatic carbocycles. The normalized spacial score (nSPS) is 7.38. The summed E-state index contributed by atoms with van der Waals surface area (Å²) >= 11 is 0. The minimum atomic E-state index is -5.39. The Balaban J connectivity index is -0.0000000267. The summed E-state index contributed by atoms with van der Waals surface area (Å²) in [5, 5.41) is 0. The van der Waals surface area contributed by atoms with Gasteiger partial charge < -0.3 is 30.9 Å². The van der Waals surface area contributed by atoms with Crippen LogP contribution in [0.2, 0.25) is 0 Å². The van der Waals surface area contributed by atoms with Crippen LogP contribution < -0.4 is 50.4 Å². The molecule has 48 valence electrons. The van der Waals surface area contributed by atoms with Gasteiger partial charge in [0.2, 0.25) is 0 Å². The quantitative estimate of drug-likeness (QED) is 0.271. The van der Waals surface area contributed by atoms with Gasteiger partial charge in [0.15, 0.2) is 0 Å². The Morgan fingerprint density at radius 1 is 1.12 bits per heavy atom. The van der Waals surface area contributed by atoms with Gasteiger partial charge in [0.1, 0.15) is 0 Å². The Morgan fingerprint density at radius 3 is 1.12 bits per heavy atom. The van der Waals surface area contributed by atoms with Crippen molar-refractivity contribution in [2.75, 3.05) is 0 Å². The summed E-state index contributed by atoms with van der Waals surface area (Å²) in [6, 6.07) is 0. The van der Waals surface area contributed by atoms with E-state index in [1.165, 1.54) is 0 Å². The summed E-state index contributed by atoms with van der Waals surface area (Å²) in [5.41, 5.74) is 0. The van der Waals surface area contributed by atoms with Gasteiger partial charge in [-0.05, 0) is 0 Å². The van der Waals surface area contributed by atoms with E-state index < -0.39 is 7.82 Å². The smallest absolute Gasteiger partial charge is 0.870 e. The zero-order chi connectivity index (χ0) is 4.50. The molecular weight excluding hydrogens is 148 g/mol. The summed E-state index contributed by atoms with van der Waals surface area (Å²) in [7, 11) is -5.39. The maximum absolute atomic E-state index is 8.55. The van der Waals surface area contributed by atoms with E-state index in [1.807, 2.05) is 0 Å². The second-order valence-corrected chi connectivity index (χ2v) is 1.34. The third-order valence-corrected chi connectivity index (χ3v) is 0. The van der Waals surface area contributed by atoms with Gasteiger partial charge in [-0.25, -0.2) is 0 Å². The molecule has 0 aliphatic carbocycles. The predicted octanol–water partition coefficient (Wildman–Crippen LogP) is -5.62. The molecule has 8 heavy (non-hydrogen) atoms. The van der Waals surface area contributed by atoms with Gasteiger partial charge in [0.25, 0.3) is 0 Å². The molecule has 0 saturated heterocycles. The summed E-state index contributed by atoms with van der Waals surface area (Å²) < 4.78 is 8.55. The third kappa shape index (κ3) is 241. The van der Waals surface area contributed by atoms with Crippen molar-refractivity contribution < 1.29 is 54.3 Å². The van der Waals surface area contributed by atoms with E-state index in [4.69, 9.17) is 19.2 Å². The topological polar surface area (TPSA) is 153 Å². The van der Waals surface area contributed by atoms with E-state index in [0.717, 1.165) is 0 Å². The Morgan fingerprint density at radius 2 is 1.12 bits per heavy atom. The molecule has 5 N–H and O–H groups in total. The van der Waals surface area contributed by atoms with Crippen LogP contribution >= 0.6 is 7.82 Å². The predicted molar refractivity (Wildman–Crippen MR) is 15.5 cm³/mol. The zero-order valence-corrected chi connectivity index (χ0v) is 7.42. The van der Waals surface area contributed by atoms with Crippen molar-refractivity contribution in [2.24, 2.45) is 0 Å². The first-order valence-corrected chi connectivity index (χ1v) is 2.19. The van der Waals surface area contributed by atoms with Gasteiger partial charge in [-0.3, -0.25) is 0 Å². The fraction of sp³-hybridized carbons (Fsp3) is 0. The van der Waals surface area contributed by atoms with E-state index in [1.54, 1.807) is 0 Å². The van der Waals surface area contributed by atoms with Crippen molar-refractivity contribution in [3.05, 3.63) is 0 Å². The van der Waals surface area contributed by atoms with Crippen LogP contribution in [0.15, 0.2) is 0 Å². The van der Waals surface area contributed by atoms with Crippen molar-refractivity contribution >= 4 is 7.82 Å². The first-order valence-electron chi connectivity index (χ1n) is 0.730. The monoisotopic (exact) mass is 153 g/mol. The molecule has 0 aromatic heterocycles. The van der Waals surface area contributed by atoms with Crippen LogP contribution in [0.3, 0.4) is 0 Å². The Hall–Kier alpha value is 1.03. The minimum absolute atomic E-state index is 0. The average molecular weight is 153 g/mol. The molecule has 0 spiro atoms. The van der Waals surface area contributed by atoms with Crippen LogP contribution in [-0.2, 0) is 4.57 Å². The van der Waals surface area contributed by atoms with Crippen LogP contribution in [0.25, 0.3) is 0 Å². The SMILES string of the molecule is O=P([O-])([O-])[O-].[NH4+].[Na+].[OH-]. The molecule has 0 aliphatic heterocycles. The van der Waals surface area contributed by atoms with Crippen molar-refractivity contribution in [3.63, 3.8) is 0 Å². The molecule has 6 nitrogen and oxygen atoms in total. The molecule has 0 atom stereocenters. The molecule has 0 aromatic rings. The number of hydrogen-bond acceptors (Lipinski definition) is 5. The van der Waals surface area contributed by atoms with Crippen molar-refractivity contribution in [3.8, 4) is 0 Å². The Labute approximate surface area is 68.3 Å². The second kappa shape index (κ2) is 8.03. The number of hydrogen-bond donors (Lipinski definition) is 1. The third-order valence-electron chi connectivity index (χ3n) is 0. The molecule has 0 bridgehead atoms. The van der Waals surface area contributed by atoms with Gasteiger partial charge >= 0.3 is 29.6 Å². The fourth-order valence-corrected chi connectivity index (χ4v) is 0. The van der Waals surface area contributed by atoms with E-state index in [0.29, 0.717) is 0 Å². The molecule has 8 heteroatoms. The van der Waals surface area contributed by atoms with E-state index >= 15 is 0 Å². The summed E-state index contributed by atoms with van der Waals surface area (Å²) in [4.78, 5) is 25.6. The van der Waals surface area contributed by atoms with Crippen LogP contribution in [-0.4, -0.2) is 5.48 Å². The molecule has 0 unspecified atom stereocenters. The largest absolute Gasteiger partial charge is 1.00 e. The summed E-state index contributed by atoms with van der Waals surface area (Å²) in [6.07, 6.45) is 0. The first kappa shape index (κ1) is 23.0. The molecule has 0 rings (SSSR count). The Kier molecular flexibility index (Phi) is 23.1. The second-order valence-electron chi connectivity index (χ2n) is 0.447. The van der Waals surface area contributed by atoms with Crippen molar-refractivity contribution in [2.45, 2.75) is 0 Å². The standard InChI is InChI=1S/H3N.Na.H3O4P.H2O/c;;1-5(2,3)4;/h1H3;;(H3,1,2,3,4);1H2/q;+1;;/p-3. The fourth-order valence-electron chi connectivity index (χ4n) is 0. The molecule has 0 amide bonds. The van der Waals surface area contributed by atoms with E-state index in [9.17, 15) is 0 Å². The number of rotatable bonds is 0. The maximum atomic E-state index is 8.55. The number of quaternary nitrogens is 1. The van der Waals surface area contributed by atoms with Crippen LogP contribution in [0.5, 0.6) is 0 Å². The maximum Gasteiger partial charge on any atom is 1.00 e. The van der Waals surface area contributed by atoms with Crippen molar-refractivity contribution in [1.82, 2.24) is 6.15 Å². The van der Waals surface area contributed by atoms with E-state index in [-0.39, 0.29) is 41.2 Å². The first-order chi connectivity index (χ1) is 2.00. The molecule has 0 saturated carbocycles. The van der Waals surface area contributed by atoms with Gasteiger partial charge in [0, 0.05) is 0 Å². The number of phosphoric acid groups is 1. The van der Waals surface area contributed by atoms with Gasteiger partial charge in [-0.15, -0.1) is 0 Å². The Bertz CT molecular complexity index is 58.6.